The molecule has 2 aromatic rings. The Labute approximate surface area is 99.7 Å². The van der Waals surface area contributed by atoms with Crippen LogP contribution >= 0.6 is 0 Å². The Morgan fingerprint density at radius 3 is 2.94 bits per heavy atom. The molecule has 0 unspecified atom stereocenters. The average molecular weight is 230 g/mol. The van der Waals surface area contributed by atoms with Gasteiger partial charge in [-0.05, 0) is 19.1 Å². The van der Waals surface area contributed by atoms with Crippen molar-refractivity contribution in [1.82, 2.24) is 9.97 Å². The van der Waals surface area contributed by atoms with Crippen LogP contribution in [0.3, 0.4) is 0 Å². The Bertz CT molecular complexity index is 528. The van der Waals surface area contributed by atoms with Gasteiger partial charge in [-0.1, -0.05) is 6.07 Å². The van der Waals surface area contributed by atoms with Gasteiger partial charge in [0.25, 0.3) is 0 Å². The molecule has 0 saturated carbocycles. The number of nitrogens with zero attached hydrogens (tertiary/aromatic N) is 2. The molecule has 2 rings (SSSR count). The molecule has 1 aromatic heterocycles. The molecule has 0 aliphatic carbocycles. The van der Waals surface area contributed by atoms with Crippen LogP contribution in [0.5, 0.6) is 5.75 Å². The van der Waals surface area contributed by atoms with E-state index in [1.54, 1.807) is 13.3 Å². The Morgan fingerprint density at radius 2 is 2.18 bits per heavy atom. The maximum atomic E-state index is 5.55. The van der Waals surface area contributed by atoms with E-state index in [4.69, 9.17) is 10.5 Å². The predicted octanol–water partition coefficient (Wildman–Crippen LogP) is 2.12. The molecule has 0 radical (unpaired) electrons. The highest BCUT2D eigenvalue weighted by Crippen LogP contribution is 2.22. The van der Waals surface area contributed by atoms with Crippen molar-refractivity contribution in [3.05, 3.63) is 36.0 Å². The zero-order valence-electron chi connectivity index (χ0n) is 9.77. The fourth-order valence-electron chi connectivity index (χ4n) is 1.42. The van der Waals surface area contributed by atoms with Crippen molar-refractivity contribution in [3.8, 4) is 5.75 Å². The highest BCUT2D eigenvalue weighted by molar-refractivity contribution is 5.61. The molecule has 0 aliphatic rings. The van der Waals surface area contributed by atoms with E-state index in [9.17, 15) is 0 Å². The molecule has 5 heteroatoms. The first-order chi connectivity index (χ1) is 8.19. The largest absolute Gasteiger partial charge is 0.497 e. The van der Waals surface area contributed by atoms with Crippen LogP contribution in [0.2, 0.25) is 0 Å². The second-order valence-electron chi connectivity index (χ2n) is 3.62. The molecular weight excluding hydrogens is 216 g/mol. The zero-order chi connectivity index (χ0) is 12.3. The minimum atomic E-state index is 0.251. The Hall–Kier alpha value is -2.30. The van der Waals surface area contributed by atoms with Crippen molar-refractivity contribution in [1.29, 1.82) is 0 Å². The van der Waals surface area contributed by atoms with Crippen LogP contribution in [0.4, 0.5) is 17.5 Å². The second kappa shape index (κ2) is 4.69. The van der Waals surface area contributed by atoms with Crippen molar-refractivity contribution < 1.29 is 4.74 Å². The number of hydrogen-bond acceptors (Lipinski definition) is 5. The molecule has 5 nitrogen and oxygen atoms in total. The van der Waals surface area contributed by atoms with Crippen molar-refractivity contribution in [2.75, 3.05) is 18.2 Å². The normalized spacial score (nSPS) is 10.0. The van der Waals surface area contributed by atoms with Gasteiger partial charge < -0.3 is 15.8 Å². The van der Waals surface area contributed by atoms with Crippen LogP contribution in [0.1, 0.15) is 5.56 Å². The predicted molar refractivity (Wildman–Crippen MR) is 67.5 cm³/mol. The Balaban J connectivity index is 2.27. The van der Waals surface area contributed by atoms with Crippen LogP contribution in [0.25, 0.3) is 0 Å². The maximum Gasteiger partial charge on any atom is 0.221 e. The average Bonchev–Trinajstić information content (AvgIpc) is 2.34. The van der Waals surface area contributed by atoms with Gasteiger partial charge in [0.2, 0.25) is 5.95 Å². The molecule has 0 fully saturated rings. The molecule has 0 spiro atoms. The second-order valence-corrected chi connectivity index (χ2v) is 3.62. The summed E-state index contributed by atoms with van der Waals surface area (Å²) in [4.78, 5) is 8.05. The summed E-state index contributed by atoms with van der Waals surface area (Å²) in [6.45, 7) is 1.92. The van der Waals surface area contributed by atoms with Gasteiger partial charge in [0.05, 0.1) is 7.11 Å². The first-order valence-corrected chi connectivity index (χ1v) is 5.19. The topological polar surface area (TPSA) is 73.1 Å². The highest BCUT2D eigenvalue weighted by atomic mass is 16.5. The number of benzene rings is 1. The fourth-order valence-corrected chi connectivity index (χ4v) is 1.42. The van der Waals surface area contributed by atoms with Gasteiger partial charge in [-0.25, -0.2) is 4.98 Å². The van der Waals surface area contributed by atoms with Gasteiger partial charge in [-0.3, -0.25) is 0 Å². The number of ether oxygens (including phenoxy) is 1. The third-order valence-corrected chi connectivity index (χ3v) is 2.32. The third-order valence-electron chi connectivity index (χ3n) is 2.32. The van der Waals surface area contributed by atoms with Crippen molar-refractivity contribution in [2.24, 2.45) is 0 Å². The Kier molecular flexibility index (Phi) is 3.09. The molecule has 3 N–H and O–H groups in total. The summed E-state index contributed by atoms with van der Waals surface area (Å²) in [6, 6.07) is 7.60. The van der Waals surface area contributed by atoms with Gasteiger partial charge in [0, 0.05) is 23.5 Å². The lowest BCUT2D eigenvalue weighted by Gasteiger charge is -2.09. The summed E-state index contributed by atoms with van der Waals surface area (Å²) in [5.41, 5.74) is 7.38. The SMILES string of the molecule is COc1cccc(Nc2nc(N)ncc2C)c1. The molecular formula is C12H14N4O. The molecule has 17 heavy (non-hydrogen) atoms. The minimum absolute atomic E-state index is 0.251. The van der Waals surface area contributed by atoms with Crippen molar-refractivity contribution >= 4 is 17.5 Å². The summed E-state index contributed by atoms with van der Waals surface area (Å²) < 4.78 is 5.15. The molecule has 0 bridgehead atoms. The van der Waals surface area contributed by atoms with E-state index in [1.165, 1.54) is 0 Å². The number of methoxy groups -OCH3 is 1. The molecule has 0 aliphatic heterocycles. The monoisotopic (exact) mass is 230 g/mol. The molecule has 88 valence electrons. The third kappa shape index (κ3) is 2.63. The number of nitrogens with one attached hydrogen (secondary N) is 1. The van der Waals surface area contributed by atoms with Gasteiger partial charge in [0.15, 0.2) is 0 Å². The minimum Gasteiger partial charge on any atom is -0.497 e. The number of nitrogens with two attached hydrogens (primary N) is 1. The van der Waals surface area contributed by atoms with Crippen LogP contribution < -0.4 is 15.8 Å². The number of aromatic nitrogens is 2. The van der Waals surface area contributed by atoms with Crippen LogP contribution in [0, 0.1) is 6.92 Å². The molecule has 0 amide bonds. The van der Waals surface area contributed by atoms with E-state index >= 15 is 0 Å². The smallest absolute Gasteiger partial charge is 0.221 e. The molecule has 0 saturated heterocycles. The quantitative estimate of drug-likeness (QED) is 0.844. The van der Waals surface area contributed by atoms with E-state index in [0.717, 1.165) is 17.0 Å². The summed E-state index contributed by atoms with van der Waals surface area (Å²) in [6.07, 6.45) is 1.69. The number of rotatable bonds is 3. The summed E-state index contributed by atoms with van der Waals surface area (Å²) in [7, 11) is 1.63. The lowest BCUT2D eigenvalue weighted by Crippen LogP contribution is -2.01. The van der Waals surface area contributed by atoms with Gasteiger partial charge in [-0.15, -0.1) is 0 Å². The van der Waals surface area contributed by atoms with E-state index in [0.29, 0.717) is 5.82 Å². The summed E-state index contributed by atoms with van der Waals surface area (Å²) >= 11 is 0. The van der Waals surface area contributed by atoms with Crippen LogP contribution in [-0.4, -0.2) is 17.1 Å². The molecule has 0 atom stereocenters. The van der Waals surface area contributed by atoms with Crippen molar-refractivity contribution in [3.63, 3.8) is 0 Å². The lowest BCUT2D eigenvalue weighted by atomic mass is 10.3. The van der Waals surface area contributed by atoms with Gasteiger partial charge in [0.1, 0.15) is 11.6 Å². The fraction of sp³-hybridized carbons (Fsp3) is 0.167. The molecule has 1 heterocycles. The summed E-state index contributed by atoms with van der Waals surface area (Å²) in [5.74, 6) is 1.74. The first-order valence-electron chi connectivity index (χ1n) is 5.19. The highest BCUT2D eigenvalue weighted by Gasteiger charge is 2.03. The summed E-state index contributed by atoms with van der Waals surface area (Å²) in [5, 5.41) is 3.18. The first kappa shape index (κ1) is 11.2. The van der Waals surface area contributed by atoms with E-state index in [-0.39, 0.29) is 5.95 Å². The number of hydrogen-bond donors (Lipinski definition) is 2. The Morgan fingerprint density at radius 1 is 1.35 bits per heavy atom. The van der Waals surface area contributed by atoms with Crippen molar-refractivity contribution in [2.45, 2.75) is 6.92 Å². The standard InChI is InChI=1S/C12H14N4O/c1-8-7-14-12(13)16-11(8)15-9-4-3-5-10(6-9)17-2/h3-7H,1-2H3,(H3,13,14,15,16). The van der Waals surface area contributed by atoms with E-state index in [2.05, 4.69) is 15.3 Å². The zero-order valence-corrected chi connectivity index (χ0v) is 9.77. The van der Waals surface area contributed by atoms with Gasteiger partial charge >= 0.3 is 0 Å². The lowest BCUT2D eigenvalue weighted by molar-refractivity contribution is 0.415. The van der Waals surface area contributed by atoms with E-state index in [1.807, 2.05) is 31.2 Å². The number of aryl methyl sites for hydroxylation is 1. The molecule has 1 aromatic carbocycles. The number of anilines is 3. The number of nitrogen functional groups attached to an aromatic ring is 1. The van der Waals surface area contributed by atoms with E-state index < -0.39 is 0 Å². The van der Waals surface area contributed by atoms with Gasteiger partial charge in [-0.2, -0.15) is 4.98 Å². The van der Waals surface area contributed by atoms with Crippen LogP contribution in [0.15, 0.2) is 30.5 Å². The van der Waals surface area contributed by atoms with Crippen LogP contribution in [-0.2, 0) is 0 Å². The maximum absolute atomic E-state index is 5.55.